The van der Waals surface area contributed by atoms with Crippen LogP contribution in [0.15, 0.2) is 18.2 Å². The maximum atomic E-state index is 6.11. The fourth-order valence-corrected chi connectivity index (χ4v) is 4.10. The van der Waals surface area contributed by atoms with Crippen LogP contribution >= 0.6 is 0 Å². The van der Waals surface area contributed by atoms with E-state index in [4.69, 9.17) is 15.2 Å². The second kappa shape index (κ2) is 6.24. The zero-order valence-corrected chi connectivity index (χ0v) is 13.0. The van der Waals surface area contributed by atoms with Crippen LogP contribution in [0.2, 0.25) is 0 Å². The van der Waals surface area contributed by atoms with E-state index in [9.17, 15) is 0 Å². The maximum absolute atomic E-state index is 6.11. The van der Waals surface area contributed by atoms with Crippen LogP contribution in [0, 0.1) is 11.8 Å². The predicted molar refractivity (Wildman–Crippen MR) is 83.7 cm³/mol. The van der Waals surface area contributed by atoms with Crippen LogP contribution in [0.5, 0.6) is 11.5 Å². The van der Waals surface area contributed by atoms with Crippen LogP contribution in [0.25, 0.3) is 0 Å². The van der Waals surface area contributed by atoms with Crippen molar-refractivity contribution < 1.29 is 9.47 Å². The number of methoxy groups -OCH3 is 2. The maximum Gasteiger partial charge on any atom is 0.123 e. The summed E-state index contributed by atoms with van der Waals surface area (Å²) in [4.78, 5) is 2.55. The Labute approximate surface area is 127 Å². The third-order valence-corrected chi connectivity index (χ3v) is 5.21. The number of hydrogen-bond acceptors (Lipinski definition) is 4. The molecule has 1 saturated carbocycles. The van der Waals surface area contributed by atoms with Gasteiger partial charge >= 0.3 is 0 Å². The molecule has 1 aromatic rings. The van der Waals surface area contributed by atoms with E-state index in [2.05, 4.69) is 11.0 Å². The summed E-state index contributed by atoms with van der Waals surface area (Å²) < 4.78 is 10.9. The van der Waals surface area contributed by atoms with E-state index >= 15 is 0 Å². The summed E-state index contributed by atoms with van der Waals surface area (Å²) in [6.45, 7) is 2.96. The molecule has 0 bridgehead atoms. The van der Waals surface area contributed by atoms with E-state index in [1.165, 1.54) is 32.4 Å². The highest BCUT2D eigenvalue weighted by atomic mass is 16.5. The monoisotopic (exact) mass is 290 g/mol. The fourth-order valence-electron chi connectivity index (χ4n) is 4.10. The third-order valence-electron chi connectivity index (χ3n) is 5.21. The van der Waals surface area contributed by atoms with Crippen LogP contribution in [0.4, 0.5) is 0 Å². The first kappa shape index (κ1) is 14.7. The quantitative estimate of drug-likeness (QED) is 0.905. The molecule has 116 valence electrons. The summed E-state index contributed by atoms with van der Waals surface area (Å²) in [5, 5.41) is 0. The first-order chi connectivity index (χ1) is 10.3. The number of nitrogens with zero attached hydrogens (tertiary/aromatic N) is 1. The van der Waals surface area contributed by atoms with E-state index in [0.717, 1.165) is 28.9 Å². The van der Waals surface area contributed by atoms with Gasteiger partial charge in [0.25, 0.3) is 0 Å². The zero-order valence-electron chi connectivity index (χ0n) is 13.0. The number of likely N-dealkylation sites (tertiary alicyclic amines) is 1. The van der Waals surface area contributed by atoms with E-state index in [-0.39, 0.29) is 6.04 Å². The number of hydrogen-bond donors (Lipinski definition) is 1. The van der Waals surface area contributed by atoms with Crippen molar-refractivity contribution in [3.8, 4) is 11.5 Å². The standard InChI is InChI=1S/C17H26N2O2/c1-20-14-6-7-17(21-2)15(8-14)16(9-18)19-10-12-4-3-5-13(12)11-19/h6-8,12-13,16H,3-5,9-11,18H2,1-2H3. The van der Waals surface area contributed by atoms with Crippen LogP contribution < -0.4 is 15.2 Å². The van der Waals surface area contributed by atoms with Crippen LogP contribution in [0.3, 0.4) is 0 Å². The van der Waals surface area contributed by atoms with Gasteiger partial charge in [-0.2, -0.15) is 0 Å². The molecule has 4 heteroatoms. The van der Waals surface area contributed by atoms with Gasteiger partial charge in [0.05, 0.1) is 20.3 Å². The van der Waals surface area contributed by atoms with Crippen molar-refractivity contribution in [2.75, 3.05) is 33.9 Å². The molecule has 3 atom stereocenters. The summed E-state index contributed by atoms with van der Waals surface area (Å²) in [7, 11) is 3.42. The Hall–Kier alpha value is -1.26. The van der Waals surface area contributed by atoms with E-state index in [1.807, 2.05) is 12.1 Å². The van der Waals surface area contributed by atoms with E-state index < -0.39 is 0 Å². The van der Waals surface area contributed by atoms with Crippen molar-refractivity contribution in [3.05, 3.63) is 23.8 Å². The molecule has 1 heterocycles. The molecule has 1 aliphatic heterocycles. The average molecular weight is 290 g/mol. The fraction of sp³-hybridized carbons (Fsp3) is 0.647. The Balaban J connectivity index is 1.85. The minimum atomic E-state index is 0.223. The molecule has 2 aliphatic rings. The molecule has 0 aromatic heterocycles. The molecule has 0 spiro atoms. The Morgan fingerprint density at radius 1 is 1.19 bits per heavy atom. The van der Waals surface area contributed by atoms with Gasteiger partial charge in [-0.3, -0.25) is 4.90 Å². The highest BCUT2D eigenvalue weighted by Crippen LogP contribution is 2.42. The van der Waals surface area contributed by atoms with Crippen molar-refractivity contribution in [3.63, 3.8) is 0 Å². The first-order valence-corrected chi connectivity index (χ1v) is 7.92. The van der Waals surface area contributed by atoms with Gasteiger partial charge in [0.15, 0.2) is 0 Å². The van der Waals surface area contributed by atoms with Gasteiger partial charge in [-0.05, 0) is 42.9 Å². The van der Waals surface area contributed by atoms with Gasteiger partial charge in [0.2, 0.25) is 0 Å². The zero-order chi connectivity index (χ0) is 14.8. The molecule has 1 aliphatic carbocycles. The number of ether oxygens (including phenoxy) is 2. The topological polar surface area (TPSA) is 47.7 Å². The lowest BCUT2D eigenvalue weighted by Gasteiger charge is -2.29. The highest BCUT2D eigenvalue weighted by Gasteiger charge is 2.39. The molecular weight excluding hydrogens is 264 g/mol. The molecule has 21 heavy (non-hydrogen) atoms. The summed E-state index contributed by atoms with van der Waals surface area (Å²) in [5.41, 5.74) is 7.26. The lowest BCUT2D eigenvalue weighted by molar-refractivity contribution is 0.226. The molecule has 1 aromatic carbocycles. The van der Waals surface area contributed by atoms with Crippen LogP contribution in [-0.4, -0.2) is 38.8 Å². The lowest BCUT2D eigenvalue weighted by atomic mass is 10.0. The predicted octanol–water partition coefficient (Wildman–Crippen LogP) is 2.44. The average Bonchev–Trinajstić information content (AvgIpc) is 3.09. The van der Waals surface area contributed by atoms with Gasteiger partial charge in [0.1, 0.15) is 11.5 Å². The van der Waals surface area contributed by atoms with E-state index in [1.54, 1.807) is 14.2 Å². The van der Waals surface area contributed by atoms with Crippen molar-refractivity contribution in [1.29, 1.82) is 0 Å². The van der Waals surface area contributed by atoms with Crippen molar-refractivity contribution in [1.82, 2.24) is 4.90 Å². The molecule has 2 N–H and O–H groups in total. The highest BCUT2D eigenvalue weighted by molar-refractivity contribution is 5.42. The number of rotatable bonds is 5. The summed E-state index contributed by atoms with van der Waals surface area (Å²) in [5.74, 6) is 3.51. The van der Waals surface area contributed by atoms with Gasteiger partial charge in [-0.15, -0.1) is 0 Å². The molecule has 2 fully saturated rings. The van der Waals surface area contributed by atoms with Gasteiger partial charge < -0.3 is 15.2 Å². The van der Waals surface area contributed by atoms with Gasteiger partial charge in [0, 0.05) is 25.2 Å². The normalized spacial score (nSPS) is 26.6. The molecule has 4 nitrogen and oxygen atoms in total. The largest absolute Gasteiger partial charge is 0.497 e. The summed E-state index contributed by atoms with van der Waals surface area (Å²) in [6.07, 6.45) is 4.17. The SMILES string of the molecule is COc1ccc(OC)c(C(CN)N2CC3CCCC3C2)c1. The summed E-state index contributed by atoms with van der Waals surface area (Å²) >= 11 is 0. The van der Waals surface area contributed by atoms with Crippen molar-refractivity contribution >= 4 is 0 Å². The minimum absolute atomic E-state index is 0.223. The molecule has 0 amide bonds. The molecule has 0 radical (unpaired) electrons. The van der Waals surface area contributed by atoms with Crippen molar-refractivity contribution in [2.45, 2.75) is 25.3 Å². The minimum Gasteiger partial charge on any atom is -0.497 e. The smallest absolute Gasteiger partial charge is 0.123 e. The number of benzene rings is 1. The second-order valence-corrected chi connectivity index (χ2v) is 6.26. The third kappa shape index (κ3) is 2.74. The second-order valence-electron chi connectivity index (χ2n) is 6.26. The summed E-state index contributed by atoms with van der Waals surface area (Å²) in [6, 6.07) is 6.22. The van der Waals surface area contributed by atoms with Crippen LogP contribution in [0.1, 0.15) is 30.9 Å². The van der Waals surface area contributed by atoms with Gasteiger partial charge in [-0.25, -0.2) is 0 Å². The van der Waals surface area contributed by atoms with Crippen molar-refractivity contribution in [2.24, 2.45) is 17.6 Å². The Morgan fingerprint density at radius 3 is 2.48 bits per heavy atom. The number of nitrogens with two attached hydrogens (primary N) is 1. The first-order valence-electron chi connectivity index (χ1n) is 7.92. The van der Waals surface area contributed by atoms with E-state index in [0.29, 0.717) is 6.54 Å². The Kier molecular flexibility index (Phi) is 4.36. The lowest BCUT2D eigenvalue weighted by Crippen LogP contribution is -2.33. The Bertz CT molecular complexity index is 480. The number of fused-ring (bicyclic) bond motifs is 1. The molecule has 3 rings (SSSR count). The Morgan fingerprint density at radius 2 is 1.90 bits per heavy atom. The molecule has 3 unspecified atom stereocenters. The van der Waals surface area contributed by atoms with Gasteiger partial charge in [-0.1, -0.05) is 6.42 Å². The van der Waals surface area contributed by atoms with Crippen LogP contribution in [-0.2, 0) is 0 Å². The molecule has 1 saturated heterocycles. The molecular formula is C17H26N2O2.